The largest absolute Gasteiger partial charge is 0.353 e. The topological polar surface area (TPSA) is 18.5 Å². The molecule has 1 atom stereocenters. The molecule has 1 saturated heterocycles. The van der Waals surface area contributed by atoms with Crippen LogP contribution >= 0.6 is 0 Å². The molecule has 2 nitrogen and oxygen atoms in total. The highest BCUT2D eigenvalue weighted by Crippen LogP contribution is 2.14. The summed E-state index contributed by atoms with van der Waals surface area (Å²) in [5.41, 5.74) is 2.79. The fourth-order valence-electron chi connectivity index (χ4n) is 1.83. The van der Waals surface area contributed by atoms with Gasteiger partial charge in [-0.2, -0.15) is 0 Å². The average molecular weight is 238 g/mol. The normalized spacial score (nSPS) is 21.4. The molecule has 98 valence electrons. The molecule has 0 N–H and O–H groups in total. The monoisotopic (exact) mass is 238 g/mol. The van der Waals surface area contributed by atoms with E-state index < -0.39 is 0 Å². The van der Waals surface area contributed by atoms with Gasteiger partial charge in [0, 0.05) is 6.61 Å². The molecule has 1 rings (SSSR count). The maximum Gasteiger partial charge on any atom is 0.157 e. The zero-order valence-corrected chi connectivity index (χ0v) is 11.5. The second kappa shape index (κ2) is 8.48. The SMILES string of the molecule is CC(C)=CCC/C(C)=C/COC1CCCCO1. The Morgan fingerprint density at radius 3 is 2.71 bits per heavy atom. The molecule has 0 aromatic carbocycles. The van der Waals surface area contributed by atoms with Gasteiger partial charge in [-0.15, -0.1) is 0 Å². The highest BCUT2D eigenvalue weighted by molar-refractivity contribution is 5.02. The van der Waals surface area contributed by atoms with Crippen LogP contribution in [0.1, 0.15) is 52.9 Å². The molecule has 0 saturated carbocycles. The van der Waals surface area contributed by atoms with Gasteiger partial charge in [0.25, 0.3) is 0 Å². The molecular formula is C15H26O2. The summed E-state index contributed by atoms with van der Waals surface area (Å²) in [6.45, 7) is 7.99. The summed E-state index contributed by atoms with van der Waals surface area (Å²) in [4.78, 5) is 0. The van der Waals surface area contributed by atoms with E-state index in [1.54, 1.807) is 0 Å². The smallest absolute Gasteiger partial charge is 0.157 e. The molecule has 1 unspecified atom stereocenters. The van der Waals surface area contributed by atoms with Gasteiger partial charge < -0.3 is 9.47 Å². The zero-order valence-electron chi connectivity index (χ0n) is 11.5. The summed E-state index contributed by atoms with van der Waals surface area (Å²) in [5, 5.41) is 0. The first kappa shape index (κ1) is 14.5. The van der Waals surface area contributed by atoms with Crippen molar-refractivity contribution in [2.45, 2.75) is 59.2 Å². The van der Waals surface area contributed by atoms with Gasteiger partial charge in [0.1, 0.15) is 0 Å². The molecule has 0 aliphatic carbocycles. The number of hydrogen-bond donors (Lipinski definition) is 0. The van der Waals surface area contributed by atoms with Crippen molar-refractivity contribution in [3.63, 3.8) is 0 Å². The Bertz CT molecular complexity index is 256. The van der Waals surface area contributed by atoms with Crippen molar-refractivity contribution in [3.8, 4) is 0 Å². The number of ether oxygens (including phenoxy) is 2. The number of rotatable bonds is 6. The van der Waals surface area contributed by atoms with E-state index in [0.29, 0.717) is 6.61 Å². The lowest BCUT2D eigenvalue weighted by Crippen LogP contribution is -2.22. The Kier molecular flexibility index (Phi) is 7.22. The third-order valence-corrected chi connectivity index (χ3v) is 2.94. The summed E-state index contributed by atoms with van der Waals surface area (Å²) in [6, 6.07) is 0. The van der Waals surface area contributed by atoms with Crippen LogP contribution in [0, 0.1) is 0 Å². The van der Waals surface area contributed by atoms with Gasteiger partial charge in [-0.3, -0.25) is 0 Å². The molecule has 17 heavy (non-hydrogen) atoms. The van der Waals surface area contributed by atoms with Gasteiger partial charge in [-0.05, 0) is 52.9 Å². The van der Waals surface area contributed by atoms with Crippen molar-refractivity contribution in [1.82, 2.24) is 0 Å². The van der Waals surface area contributed by atoms with Crippen molar-refractivity contribution in [1.29, 1.82) is 0 Å². The Morgan fingerprint density at radius 2 is 2.06 bits per heavy atom. The van der Waals surface area contributed by atoms with E-state index in [2.05, 4.69) is 32.9 Å². The average Bonchev–Trinajstić information content (AvgIpc) is 2.30. The van der Waals surface area contributed by atoms with Crippen LogP contribution in [-0.4, -0.2) is 19.5 Å². The molecule has 0 amide bonds. The van der Waals surface area contributed by atoms with Crippen molar-refractivity contribution in [2.24, 2.45) is 0 Å². The second-order valence-corrected chi connectivity index (χ2v) is 5.00. The Labute approximate surface area is 106 Å². The summed E-state index contributed by atoms with van der Waals surface area (Å²) in [5.74, 6) is 0. The zero-order chi connectivity index (χ0) is 12.5. The molecular weight excluding hydrogens is 212 g/mol. The molecule has 0 bridgehead atoms. The van der Waals surface area contributed by atoms with Crippen molar-refractivity contribution >= 4 is 0 Å². The van der Waals surface area contributed by atoms with Crippen LogP contribution in [-0.2, 0) is 9.47 Å². The van der Waals surface area contributed by atoms with Gasteiger partial charge in [-0.1, -0.05) is 23.3 Å². The third-order valence-electron chi connectivity index (χ3n) is 2.94. The Morgan fingerprint density at radius 1 is 1.24 bits per heavy atom. The summed E-state index contributed by atoms with van der Waals surface area (Å²) in [7, 11) is 0. The standard InChI is InChI=1S/C15H26O2/c1-13(2)7-6-8-14(3)10-12-17-15-9-4-5-11-16-15/h7,10,15H,4-6,8-9,11-12H2,1-3H3/b14-10+. The first-order valence-corrected chi connectivity index (χ1v) is 6.70. The molecule has 2 heteroatoms. The maximum absolute atomic E-state index is 5.67. The Balaban J connectivity index is 2.12. The van der Waals surface area contributed by atoms with Crippen LogP contribution in [0.4, 0.5) is 0 Å². The maximum atomic E-state index is 5.67. The molecule has 1 fully saturated rings. The van der Waals surface area contributed by atoms with E-state index in [1.807, 2.05) is 0 Å². The summed E-state index contributed by atoms with van der Waals surface area (Å²) < 4.78 is 11.2. The molecule has 1 aliphatic rings. The van der Waals surface area contributed by atoms with Gasteiger partial charge in [0.05, 0.1) is 6.61 Å². The Hall–Kier alpha value is -0.600. The van der Waals surface area contributed by atoms with E-state index in [1.165, 1.54) is 24.0 Å². The lowest BCUT2D eigenvalue weighted by atomic mass is 10.1. The first-order valence-electron chi connectivity index (χ1n) is 6.70. The van der Waals surface area contributed by atoms with Gasteiger partial charge in [0.2, 0.25) is 0 Å². The van der Waals surface area contributed by atoms with Crippen LogP contribution in [0.3, 0.4) is 0 Å². The van der Waals surface area contributed by atoms with Crippen molar-refractivity contribution in [2.75, 3.05) is 13.2 Å². The molecule has 1 heterocycles. The summed E-state index contributed by atoms with van der Waals surface area (Å²) in [6.07, 6.45) is 10.2. The molecule has 0 radical (unpaired) electrons. The molecule has 1 aliphatic heterocycles. The number of hydrogen-bond acceptors (Lipinski definition) is 2. The first-order chi connectivity index (χ1) is 8.18. The third kappa shape index (κ3) is 7.35. The summed E-state index contributed by atoms with van der Waals surface area (Å²) >= 11 is 0. The minimum atomic E-state index is 0.0329. The van der Waals surface area contributed by atoms with E-state index in [9.17, 15) is 0 Å². The molecule has 0 spiro atoms. The van der Waals surface area contributed by atoms with Crippen LogP contribution in [0.5, 0.6) is 0 Å². The van der Waals surface area contributed by atoms with Crippen LogP contribution < -0.4 is 0 Å². The van der Waals surface area contributed by atoms with Gasteiger partial charge >= 0.3 is 0 Å². The van der Waals surface area contributed by atoms with Gasteiger partial charge in [-0.25, -0.2) is 0 Å². The van der Waals surface area contributed by atoms with Crippen molar-refractivity contribution in [3.05, 3.63) is 23.3 Å². The second-order valence-electron chi connectivity index (χ2n) is 5.00. The highest BCUT2D eigenvalue weighted by Gasteiger charge is 2.12. The van der Waals surface area contributed by atoms with E-state index in [4.69, 9.17) is 9.47 Å². The van der Waals surface area contributed by atoms with Crippen LogP contribution in [0.25, 0.3) is 0 Å². The highest BCUT2D eigenvalue weighted by atomic mass is 16.7. The molecule has 0 aromatic rings. The van der Waals surface area contributed by atoms with E-state index in [0.717, 1.165) is 25.9 Å². The van der Waals surface area contributed by atoms with Crippen molar-refractivity contribution < 1.29 is 9.47 Å². The van der Waals surface area contributed by atoms with E-state index in [-0.39, 0.29) is 6.29 Å². The fraction of sp³-hybridized carbons (Fsp3) is 0.733. The minimum Gasteiger partial charge on any atom is -0.353 e. The predicted molar refractivity (Wildman–Crippen MR) is 72.0 cm³/mol. The predicted octanol–water partition coefficient (Wildman–Crippen LogP) is 4.22. The minimum absolute atomic E-state index is 0.0329. The number of allylic oxidation sites excluding steroid dienone is 3. The lowest BCUT2D eigenvalue weighted by molar-refractivity contribution is -0.155. The molecule has 0 aromatic heterocycles. The van der Waals surface area contributed by atoms with Crippen LogP contribution in [0.15, 0.2) is 23.3 Å². The fourth-order valence-corrected chi connectivity index (χ4v) is 1.83. The lowest BCUT2D eigenvalue weighted by Gasteiger charge is -2.22. The van der Waals surface area contributed by atoms with E-state index >= 15 is 0 Å². The van der Waals surface area contributed by atoms with Crippen LogP contribution in [0.2, 0.25) is 0 Å². The quantitative estimate of drug-likeness (QED) is 0.645. The van der Waals surface area contributed by atoms with Gasteiger partial charge in [0.15, 0.2) is 6.29 Å².